The lowest BCUT2D eigenvalue weighted by atomic mass is 10.2. The first-order valence-corrected chi connectivity index (χ1v) is 6.30. The summed E-state index contributed by atoms with van der Waals surface area (Å²) in [6.45, 7) is 1.85. The number of anilines is 2. The minimum absolute atomic E-state index is 0.660. The number of aromatic nitrogens is 2. The molecule has 2 aromatic rings. The van der Waals surface area contributed by atoms with Crippen LogP contribution in [0.4, 0.5) is 10.8 Å². The molecule has 0 aliphatic carbocycles. The summed E-state index contributed by atoms with van der Waals surface area (Å²) in [7, 11) is 0. The summed E-state index contributed by atoms with van der Waals surface area (Å²) in [6.07, 6.45) is 1.11. The third-order valence-electron chi connectivity index (χ3n) is 2.90. The lowest BCUT2D eigenvalue weighted by Gasteiger charge is -2.17. The average Bonchev–Trinajstić information content (AvgIpc) is 2.97. The van der Waals surface area contributed by atoms with Gasteiger partial charge in [-0.3, -0.25) is 5.43 Å². The highest BCUT2D eigenvalue weighted by molar-refractivity contribution is 7.15. The minimum Gasteiger partial charge on any atom is -0.364 e. The van der Waals surface area contributed by atoms with Crippen LogP contribution >= 0.6 is 11.3 Å². The summed E-state index contributed by atoms with van der Waals surface area (Å²) < 4.78 is 0. The van der Waals surface area contributed by atoms with Crippen molar-refractivity contribution < 1.29 is 0 Å². The highest BCUT2D eigenvalue weighted by Crippen LogP contribution is 2.29. The molecule has 0 atom stereocenters. The molecule has 17 heavy (non-hydrogen) atoms. The van der Waals surface area contributed by atoms with E-state index in [1.807, 2.05) is 0 Å². The zero-order valence-corrected chi connectivity index (χ0v) is 10.1. The largest absolute Gasteiger partial charge is 0.364 e. The Hall–Kier alpha value is -1.66. The van der Waals surface area contributed by atoms with Gasteiger partial charge >= 0.3 is 0 Å². The van der Waals surface area contributed by atoms with Crippen LogP contribution in [0.15, 0.2) is 24.3 Å². The Bertz CT molecular complexity index is 524. The number of fused-ring (bicyclic) bond motifs is 1. The van der Waals surface area contributed by atoms with Gasteiger partial charge in [0.1, 0.15) is 5.01 Å². The zero-order chi connectivity index (χ0) is 11.7. The molecule has 0 radical (unpaired) electrons. The molecule has 3 N–H and O–H groups in total. The monoisotopic (exact) mass is 247 g/mol. The van der Waals surface area contributed by atoms with Gasteiger partial charge < -0.3 is 4.90 Å². The van der Waals surface area contributed by atoms with Crippen LogP contribution < -0.4 is 16.2 Å². The fraction of sp³-hybridized carbons (Fsp3) is 0.273. The fourth-order valence-electron chi connectivity index (χ4n) is 2.11. The third kappa shape index (κ3) is 1.96. The predicted octanol–water partition coefficient (Wildman–Crippen LogP) is 1.39. The summed E-state index contributed by atoms with van der Waals surface area (Å²) in [5, 5.41) is 9.69. The van der Waals surface area contributed by atoms with Crippen molar-refractivity contribution in [2.75, 3.05) is 16.9 Å². The number of benzene rings is 1. The van der Waals surface area contributed by atoms with Crippen LogP contribution in [0.5, 0.6) is 0 Å². The molecule has 1 aliphatic heterocycles. The van der Waals surface area contributed by atoms with E-state index in [2.05, 4.69) is 44.8 Å². The average molecular weight is 247 g/mol. The number of hydrogen-bond donors (Lipinski definition) is 2. The molecular formula is C11H13N5S. The molecule has 0 bridgehead atoms. The van der Waals surface area contributed by atoms with E-state index in [1.54, 1.807) is 0 Å². The van der Waals surface area contributed by atoms with Crippen LogP contribution in [0.3, 0.4) is 0 Å². The molecule has 3 rings (SSSR count). The normalized spacial score (nSPS) is 13.8. The number of hydrazine groups is 1. The van der Waals surface area contributed by atoms with Crippen molar-refractivity contribution >= 4 is 22.2 Å². The summed E-state index contributed by atoms with van der Waals surface area (Å²) in [4.78, 5) is 2.33. The Labute approximate surface area is 103 Å². The topological polar surface area (TPSA) is 67.1 Å². The highest BCUT2D eigenvalue weighted by Gasteiger charge is 2.19. The highest BCUT2D eigenvalue weighted by atomic mass is 32.1. The Morgan fingerprint density at radius 2 is 2.24 bits per heavy atom. The number of rotatable bonds is 3. The second-order valence-electron chi connectivity index (χ2n) is 3.95. The van der Waals surface area contributed by atoms with Crippen LogP contribution in [0.1, 0.15) is 10.6 Å². The van der Waals surface area contributed by atoms with Gasteiger partial charge in [-0.2, -0.15) is 0 Å². The zero-order valence-electron chi connectivity index (χ0n) is 9.26. The van der Waals surface area contributed by atoms with E-state index in [9.17, 15) is 0 Å². The van der Waals surface area contributed by atoms with Gasteiger partial charge in [-0.25, -0.2) is 5.84 Å². The van der Waals surface area contributed by atoms with Gasteiger partial charge in [-0.1, -0.05) is 29.5 Å². The molecule has 0 spiro atoms. The molecule has 5 nitrogen and oxygen atoms in total. The number of nitrogen functional groups attached to an aromatic ring is 1. The van der Waals surface area contributed by atoms with Crippen LogP contribution in [0.2, 0.25) is 0 Å². The van der Waals surface area contributed by atoms with E-state index in [0.29, 0.717) is 5.13 Å². The van der Waals surface area contributed by atoms with Crippen LogP contribution in [-0.2, 0) is 13.0 Å². The van der Waals surface area contributed by atoms with Gasteiger partial charge in [0, 0.05) is 12.2 Å². The molecular weight excluding hydrogens is 234 g/mol. The number of para-hydroxylation sites is 1. The second kappa shape index (κ2) is 4.31. The first-order chi connectivity index (χ1) is 8.36. The van der Waals surface area contributed by atoms with Crippen molar-refractivity contribution in [2.45, 2.75) is 13.0 Å². The van der Waals surface area contributed by atoms with Crippen molar-refractivity contribution in [2.24, 2.45) is 5.84 Å². The van der Waals surface area contributed by atoms with Crippen molar-refractivity contribution in [1.82, 2.24) is 10.2 Å². The Kier molecular flexibility index (Phi) is 2.66. The molecule has 0 fully saturated rings. The number of nitrogens with two attached hydrogens (primary N) is 1. The van der Waals surface area contributed by atoms with Crippen LogP contribution in [0, 0.1) is 0 Å². The maximum atomic E-state index is 5.29. The van der Waals surface area contributed by atoms with E-state index < -0.39 is 0 Å². The molecule has 0 saturated heterocycles. The van der Waals surface area contributed by atoms with E-state index in [1.165, 1.54) is 22.6 Å². The molecule has 1 aromatic heterocycles. The van der Waals surface area contributed by atoms with E-state index in [0.717, 1.165) is 24.5 Å². The minimum atomic E-state index is 0.660. The quantitative estimate of drug-likeness (QED) is 0.633. The molecule has 1 aliphatic rings. The van der Waals surface area contributed by atoms with Crippen molar-refractivity contribution in [3.8, 4) is 0 Å². The van der Waals surface area contributed by atoms with Gasteiger partial charge in [0.2, 0.25) is 5.13 Å². The van der Waals surface area contributed by atoms with Crippen LogP contribution in [0.25, 0.3) is 0 Å². The van der Waals surface area contributed by atoms with Gasteiger partial charge in [-0.05, 0) is 18.1 Å². The number of nitrogens with zero attached hydrogens (tertiary/aromatic N) is 3. The van der Waals surface area contributed by atoms with Crippen molar-refractivity contribution in [1.29, 1.82) is 0 Å². The standard InChI is InChI=1S/C11H13N5S/c12-13-11-15-14-10(17-11)7-16-6-5-8-3-1-2-4-9(8)16/h1-4H,5-7,12H2,(H,13,15). The van der Waals surface area contributed by atoms with Gasteiger partial charge in [0.25, 0.3) is 0 Å². The Morgan fingerprint density at radius 3 is 3.06 bits per heavy atom. The molecule has 6 heteroatoms. The number of hydrogen-bond acceptors (Lipinski definition) is 6. The van der Waals surface area contributed by atoms with Crippen LogP contribution in [-0.4, -0.2) is 16.7 Å². The van der Waals surface area contributed by atoms with Gasteiger partial charge in [0.15, 0.2) is 0 Å². The number of nitrogens with one attached hydrogen (secondary N) is 1. The third-order valence-corrected chi connectivity index (χ3v) is 3.74. The van der Waals surface area contributed by atoms with E-state index in [-0.39, 0.29) is 0 Å². The van der Waals surface area contributed by atoms with Gasteiger partial charge in [0.05, 0.1) is 6.54 Å². The van der Waals surface area contributed by atoms with Crippen molar-refractivity contribution in [3.05, 3.63) is 34.8 Å². The maximum Gasteiger partial charge on any atom is 0.219 e. The molecule has 88 valence electrons. The molecule has 0 saturated carbocycles. The smallest absolute Gasteiger partial charge is 0.219 e. The Morgan fingerprint density at radius 1 is 1.35 bits per heavy atom. The summed E-state index contributed by atoms with van der Waals surface area (Å²) in [5.74, 6) is 5.29. The molecule has 0 unspecified atom stereocenters. The summed E-state index contributed by atoms with van der Waals surface area (Å²) >= 11 is 1.49. The fourth-order valence-corrected chi connectivity index (χ4v) is 2.78. The van der Waals surface area contributed by atoms with E-state index in [4.69, 9.17) is 5.84 Å². The summed E-state index contributed by atoms with van der Waals surface area (Å²) in [5.41, 5.74) is 5.24. The SMILES string of the molecule is NNc1nnc(CN2CCc3ccccc32)s1. The summed E-state index contributed by atoms with van der Waals surface area (Å²) in [6, 6.07) is 8.50. The Balaban J connectivity index is 1.79. The molecule has 1 aromatic carbocycles. The predicted molar refractivity (Wildman–Crippen MR) is 68.9 cm³/mol. The first kappa shape index (κ1) is 10.5. The lowest BCUT2D eigenvalue weighted by Crippen LogP contribution is -2.19. The van der Waals surface area contributed by atoms with Gasteiger partial charge in [-0.15, -0.1) is 10.2 Å². The second-order valence-corrected chi connectivity index (χ2v) is 5.01. The molecule has 2 heterocycles. The lowest BCUT2D eigenvalue weighted by molar-refractivity contribution is 0.816. The first-order valence-electron chi connectivity index (χ1n) is 5.48. The maximum absolute atomic E-state index is 5.29. The molecule has 0 amide bonds. The van der Waals surface area contributed by atoms with Crippen molar-refractivity contribution in [3.63, 3.8) is 0 Å². The van der Waals surface area contributed by atoms with E-state index >= 15 is 0 Å².